The van der Waals surface area contributed by atoms with Gasteiger partial charge in [-0.3, -0.25) is 0 Å². The number of hydrogen-bond acceptors (Lipinski definition) is 3. The van der Waals surface area contributed by atoms with Gasteiger partial charge in [-0.2, -0.15) is 0 Å². The standard InChI is InChI=1S/C31H26BrNO2/c1-3-18-31(34,27-15-9-13-21-10-7-8-14-25(21)27)29(22-11-5-4-6-12-22)26-20-23-19-24(32)16-17-28(23)33-30(26)35-2/h3-17,19-20,29,34H,1,18H2,2H3/t29-,31?/m1/s1. The number of ether oxygens (including phenoxy) is 1. The molecule has 5 rings (SSSR count). The average Bonchev–Trinajstić information content (AvgIpc) is 2.89. The molecule has 174 valence electrons. The van der Waals surface area contributed by atoms with Crippen LogP contribution in [0.4, 0.5) is 0 Å². The van der Waals surface area contributed by atoms with Gasteiger partial charge >= 0.3 is 0 Å². The van der Waals surface area contributed by atoms with Crippen molar-refractivity contribution in [1.29, 1.82) is 0 Å². The van der Waals surface area contributed by atoms with Crippen molar-refractivity contribution >= 4 is 37.6 Å². The van der Waals surface area contributed by atoms with Crippen LogP contribution in [0.5, 0.6) is 5.88 Å². The Morgan fingerprint density at radius 1 is 0.943 bits per heavy atom. The molecule has 1 heterocycles. The number of methoxy groups -OCH3 is 1. The molecular weight excluding hydrogens is 498 g/mol. The third-order valence-electron chi connectivity index (χ3n) is 6.60. The van der Waals surface area contributed by atoms with Crippen LogP contribution in [0.25, 0.3) is 21.7 Å². The maximum Gasteiger partial charge on any atom is 0.217 e. The zero-order chi connectivity index (χ0) is 24.4. The normalized spacial score (nSPS) is 13.9. The van der Waals surface area contributed by atoms with E-state index in [0.29, 0.717) is 12.3 Å². The summed E-state index contributed by atoms with van der Waals surface area (Å²) in [7, 11) is 1.63. The molecule has 0 aliphatic carbocycles. The van der Waals surface area contributed by atoms with Crippen LogP contribution in [0.1, 0.15) is 29.0 Å². The molecule has 3 nitrogen and oxygen atoms in total. The lowest BCUT2D eigenvalue weighted by molar-refractivity contribution is 0.0228. The molecule has 0 aliphatic heterocycles. The Kier molecular flexibility index (Phi) is 6.42. The third-order valence-corrected chi connectivity index (χ3v) is 7.09. The monoisotopic (exact) mass is 523 g/mol. The van der Waals surface area contributed by atoms with Crippen molar-refractivity contribution in [3.63, 3.8) is 0 Å². The zero-order valence-corrected chi connectivity index (χ0v) is 21.1. The van der Waals surface area contributed by atoms with Crippen molar-refractivity contribution in [3.8, 4) is 5.88 Å². The van der Waals surface area contributed by atoms with Crippen LogP contribution < -0.4 is 4.74 Å². The minimum absolute atomic E-state index is 0.347. The van der Waals surface area contributed by atoms with Crippen LogP contribution in [0, 0.1) is 0 Å². The molecule has 0 amide bonds. The molecule has 1 aromatic heterocycles. The van der Waals surface area contributed by atoms with E-state index in [4.69, 9.17) is 9.72 Å². The second kappa shape index (κ2) is 9.65. The van der Waals surface area contributed by atoms with E-state index in [9.17, 15) is 5.11 Å². The highest BCUT2D eigenvalue weighted by Crippen LogP contribution is 2.49. The number of halogens is 1. The number of nitrogens with zero attached hydrogens (tertiary/aromatic N) is 1. The summed E-state index contributed by atoms with van der Waals surface area (Å²) in [4.78, 5) is 4.83. The molecule has 1 unspecified atom stereocenters. The minimum Gasteiger partial charge on any atom is -0.481 e. The third kappa shape index (κ3) is 4.24. The minimum atomic E-state index is -1.31. The second-order valence-corrected chi connectivity index (χ2v) is 9.63. The molecule has 0 saturated carbocycles. The Bertz CT molecular complexity index is 1510. The zero-order valence-electron chi connectivity index (χ0n) is 19.5. The number of rotatable bonds is 7. The van der Waals surface area contributed by atoms with E-state index in [0.717, 1.165) is 42.8 Å². The smallest absolute Gasteiger partial charge is 0.217 e. The molecule has 0 fully saturated rings. The van der Waals surface area contributed by atoms with Gasteiger partial charge in [-0.25, -0.2) is 4.98 Å². The van der Waals surface area contributed by atoms with Crippen molar-refractivity contribution < 1.29 is 9.84 Å². The summed E-state index contributed by atoms with van der Waals surface area (Å²) in [5.41, 5.74) is 2.16. The molecule has 0 radical (unpaired) electrons. The first-order valence-corrected chi connectivity index (χ1v) is 12.3. The highest BCUT2D eigenvalue weighted by atomic mass is 79.9. The van der Waals surface area contributed by atoms with Crippen molar-refractivity contribution in [2.24, 2.45) is 0 Å². The van der Waals surface area contributed by atoms with Crippen LogP contribution in [0.15, 0.2) is 114 Å². The summed E-state index contributed by atoms with van der Waals surface area (Å²) in [6.45, 7) is 4.01. The number of hydrogen-bond donors (Lipinski definition) is 1. The van der Waals surface area contributed by atoms with E-state index in [1.165, 1.54) is 0 Å². The molecule has 0 aliphatic rings. The Morgan fingerprint density at radius 2 is 1.69 bits per heavy atom. The molecule has 4 aromatic carbocycles. The fourth-order valence-electron chi connectivity index (χ4n) is 5.08. The molecular formula is C31H26BrNO2. The molecule has 35 heavy (non-hydrogen) atoms. The van der Waals surface area contributed by atoms with Gasteiger partial charge in [-0.15, -0.1) is 6.58 Å². The Labute approximate surface area is 213 Å². The van der Waals surface area contributed by atoms with E-state index >= 15 is 0 Å². The van der Waals surface area contributed by atoms with Gasteiger partial charge in [0.1, 0.15) is 5.60 Å². The molecule has 0 spiro atoms. The van der Waals surface area contributed by atoms with Crippen molar-refractivity contribution in [1.82, 2.24) is 4.98 Å². The number of benzene rings is 4. The van der Waals surface area contributed by atoms with Crippen LogP contribution >= 0.6 is 15.9 Å². The van der Waals surface area contributed by atoms with E-state index in [2.05, 4.69) is 58.9 Å². The van der Waals surface area contributed by atoms with Crippen molar-refractivity contribution in [3.05, 3.63) is 131 Å². The van der Waals surface area contributed by atoms with Gasteiger partial charge in [-0.1, -0.05) is 94.8 Å². The SMILES string of the molecule is C=CCC(O)(c1cccc2ccccc12)[C@H](c1ccccc1)c1cc2cc(Br)ccc2nc1OC. The van der Waals surface area contributed by atoms with E-state index in [1.807, 2.05) is 60.7 Å². The molecule has 1 N–H and O–H groups in total. The summed E-state index contributed by atoms with van der Waals surface area (Å²) in [6, 6.07) is 32.4. The highest BCUT2D eigenvalue weighted by Gasteiger charge is 2.42. The molecule has 4 heteroatoms. The van der Waals surface area contributed by atoms with Gasteiger partial charge in [0.25, 0.3) is 0 Å². The Balaban J connectivity index is 1.85. The maximum atomic E-state index is 12.7. The van der Waals surface area contributed by atoms with Gasteiger partial charge in [0.2, 0.25) is 5.88 Å². The van der Waals surface area contributed by atoms with Gasteiger partial charge in [0.15, 0.2) is 0 Å². The van der Waals surface area contributed by atoms with Crippen molar-refractivity contribution in [2.75, 3.05) is 7.11 Å². The first-order chi connectivity index (χ1) is 17.0. The lowest BCUT2D eigenvalue weighted by atomic mass is 9.70. The molecule has 2 atom stereocenters. The quantitative estimate of drug-likeness (QED) is 0.221. The summed E-state index contributed by atoms with van der Waals surface area (Å²) < 4.78 is 6.79. The van der Waals surface area contributed by atoms with E-state index in [-0.39, 0.29) is 0 Å². The first-order valence-electron chi connectivity index (χ1n) is 11.6. The summed E-state index contributed by atoms with van der Waals surface area (Å²) in [5, 5.41) is 15.8. The van der Waals surface area contributed by atoms with Gasteiger partial charge in [-0.05, 0) is 52.6 Å². The summed E-state index contributed by atoms with van der Waals surface area (Å²) >= 11 is 3.58. The Hall–Kier alpha value is -3.47. The van der Waals surface area contributed by atoms with Gasteiger partial charge in [0.05, 0.1) is 12.6 Å². The molecule has 0 bridgehead atoms. The van der Waals surface area contributed by atoms with E-state index < -0.39 is 11.5 Å². The predicted octanol–water partition coefficient (Wildman–Crippen LogP) is 7.75. The summed E-state index contributed by atoms with van der Waals surface area (Å²) in [6.07, 6.45) is 2.13. The largest absolute Gasteiger partial charge is 0.481 e. The van der Waals surface area contributed by atoms with Crippen molar-refractivity contribution in [2.45, 2.75) is 17.9 Å². The highest BCUT2D eigenvalue weighted by molar-refractivity contribution is 9.10. The Morgan fingerprint density at radius 3 is 2.46 bits per heavy atom. The molecule has 0 saturated heterocycles. The predicted molar refractivity (Wildman–Crippen MR) is 147 cm³/mol. The van der Waals surface area contributed by atoms with Gasteiger partial charge in [0, 0.05) is 21.3 Å². The fourth-order valence-corrected chi connectivity index (χ4v) is 5.46. The fraction of sp³-hybridized carbons (Fsp3) is 0.129. The number of fused-ring (bicyclic) bond motifs is 2. The van der Waals surface area contributed by atoms with E-state index in [1.54, 1.807) is 13.2 Å². The van der Waals surface area contributed by atoms with Gasteiger partial charge < -0.3 is 9.84 Å². The number of aromatic nitrogens is 1. The molecule has 5 aromatic rings. The van der Waals surface area contributed by atoms with Crippen LogP contribution in [0.2, 0.25) is 0 Å². The topological polar surface area (TPSA) is 42.4 Å². The van der Waals surface area contributed by atoms with Crippen LogP contribution in [-0.4, -0.2) is 17.2 Å². The lowest BCUT2D eigenvalue weighted by Crippen LogP contribution is -2.34. The van der Waals surface area contributed by atoms with Crippen LogP contribution in [-0.2, 0) is 5.60 Å². The average molecular weight is 524 g/mol. The number of pyridine rings is 1. The second-order valence-electron chi connectivity index (χ2n) is 8.71. The van der Waals surface area contributed by atoms with Crippen LogP contribution in [0.3, 0.4) is 0 Å². The lowest BCUT2D eigenvalue weighted by Gasteiger charge is -2.38. The first kappa shape index (κ1) is 23.3. The number of aliphatic hydroxyl groups is 1. The maximum absolute atomic E-state index is 12.7. The summed E-state index contributed by atoms with van der Waals surface area (Å²) in [5.74, 6) is 0.0368.